The Labute approximate surface area is 111 Å². The molecule has 2 aromatic rings. The molecule has 4 heteroatoms. The fourth-order valence-corrected chi connectivity index (χ4v) is 1.76. The lowest BCUT2D eigenvalue weighted by molar-refractivity contribution is 0.626. The van der Waals surface area contributed by atoms with Crippen LogP contribution in [0.4, 0.5) is 4.39 Å². The molecule has 0 aliphatic rings. The fraction of sp³-hybridized carbons (Fsp3) is 0.200. The van der Waals surface area contributed by atoms with Gasteiger partial charge in [0.1, 0.15) is 17.6 Å². The first-order valence-corrected chi connectivity index (χ1v) is 6.08. The smallest absolute Gasteiger partial charge is 0.140 e. The van der Waals surface area contributed by atoms with Gasteiger partial charge in [-0.15, -0.1) is 0 Å². The van der Waals surface area contributed by atoms with Gasteiger partial charge in [-0.2, -0.15) is 5.26 Å². The molecule has 0 bridgehead atoms. The van der Waals surface area contributed by atoms with Crippen molar-refractivity contribution < 1.29 is 4.39 Å². The van der Waals surface area contributed by atoms with Gasteiger partial charge in [-0.3, -0.25) is 0 Å². The van der Waals surface area contributed by atoms with Crippen LogP contribution in [0.3, 0.4) is 0 Å². The number of hydrogen-bond donors (Lipinski definition) is 1. The summed E-state index contributed by atoms with van der Waals surface area (Å²) in [7, 11) is 0. The van der Waals surface area contributed by atoms with Crippen molar-refractivity contribution >= 4 is 0 Å². The Balaban J connectivity index is 1.77. The van der Waals surface area contributed by atoms with Crippen LogP contribution in [0.1, 0.15) is 16.8 Å². The van der Waals surface area contributed by atoms with Gasteiger partial charge in [0.05, 0.1) is 0 Å². The van der Waals surface area contributed by atoms with E-state index in [4.69, 9.17) is 5.26 Å². The number of halogens is 1. The predicted octanol–water partition coefficient (Wildman–Crippen LogP) is 2.42. The van der Waals surface area contributed by atoms with E-state index in [0.717, 1.165) is 24.1 Å². The molecule has 1 N–H and O–H groups in total. The second kappa shape index (κ2) is 6.62. The molecule has 19 heavy (non-hydrogen) atoms. The Morgan fingerprint density at radius 1 is 1.16 bits per heavy atom. The van der Waals surface area contributed by atoms with Crippen molar-refractivity contribution in [1.29, 1.82) is 5.26 Å². The molecule has 1 heterocycles. The number of rotatable bonds is 5. The zero-order valence-corrected chi connectivity index (χ0v) is 10.4. The molecule has 3 nitrogen and oxygen atoms in total. The second-order valence-electron chi connectivity index (χ2n) is 4.21. The first kappa shape index (κ1) is 13.2. The Bertz CT molecular complexity index is 573. The highest BCUT2D eigenvalue weighted by molar-refractivity contribution is 5.25. The average molecular weight is 255 g/mol. The maximum Gasteiger partial charge on any atom is 0.140 e. The molecular weight excluding hydrogens is 241 g/mol. The number of pyridine rings is 1. The van der Waals surface area contributed by atoms with E-state index >= 15 is 0 Å². The molecule has 2 rings (SSSR count). The summed E-state index contributed by atoms with van der Waals surface area (Å²) in [4.78, 5) is 3.92. The normalized spacial score (nSPS) is 10.1. The highest BCUT2D eigenvalue weighted by Crippen LogP contribution is 2.03. The van der Waals surface area contributed by atoms with E-state index in [1.807, 2.05) is 12.1 Å². The molecule has 0 radical (unpaired) electrons. The van der Waals surface area contributed by atoms with Gasteiger partial charge < -0.3 is 5.32 Å². The zero-order valence-electron chi connectivity index (χ0n) is 10.4. The van der Waals surface area contributed by atoms with Crippen molar-refractivity contribution in [2.75, 3.05) is 6.54 Å². The van der Waals surface area contributed by atoms with Crippen LogP contribution in [0.2, 0.25) is 0 Å². The molecule has 0 spiro atoms. The lowest BCUT2D eigenvalue weighted by Gasteiger charge is -2.05. The van der Waals surface area contributed by atoms with Crippen molar-refractivity contribution in [1.82, 2.24) is 10.3 Å². The van der Waals surface area contributed by atoms with Crippen LogP contribution in [0.25, 0.3) is 0 Å². The summed E-state index contributed by atoms with van der Waals surface area (Å²) in [5, 5.41) is 12.0. The third-order valence-electron chi connectivity index (χ3n) is 2.77. The Kier molecular flexibility index (Phi) is 4.60. The van der Waals surface area contributed by atoms with E-state index < -0.39 is 0 Å². The third kappa shape index (κ3) is 4.16. The third-order valence-corrected chi connectivity index (χ3v) is 2.77. The van der Waals surface area contributed by atoms with Gasteiger partial charge in [0.25, 0.3) is 0 Å². The van der Waals surface area contributed by atoms with Crippen LogP contribution >= 0.6 is 0 Å². The molecular formula is C15H14FN3. The summed E-state index contributed by atoms with van der Waals surface area (Å²) in [5.41, 5.74) is 2.56. The Morgan fingerprint density at radius 3 is 2.68 bits per heavy atom. The minimum atomic E-state index is -0.211. The van der Waals surface area contributed by atoms with E-state index in [2.05, 4.69) is 10.3 Å². The number of nitrogens with zero attached hydrogens (tertiary/aromatic N) is 2. The summed E-state index contributed by atoms with van der Waals surface area (Å²) in [5.74, 6) is -0.211. The summed E-state index contributed by atoms with van der Waals surface area (Å²) in [6.45, 7) is 1.49. The van der Waals surface area contributed by atoms with Crippen LogP contribution in [0.15, 0.2) is 42.6 Å². The lowest BCUT2D eigenvalue weighted by atomic mass is 10.1. The van der Waals surface area contributed by atoms with Crippen LogP contribution in [-0.4, -0.2) is 11.5 Å². The molecule has 0 amide bonds. The van der Waals surface area contributed by atoms with Gasteiger partial charge in [-0.25, -0.2) is 9.37 Å². The van der Waals surface area contributed by atoms with Crippen LogP contribution in [0, 0.1) is 17.1 Å². The van der Waals surface area contributed by atoms with E-state index in [-0.39, 0.29) is 5.82 Å². The molecule has 0 saturated carbocycles. The standard InChI is InChI=1S/C15H14FN3/c16-14-3-1-12(2-4-14)5-7-18-11-13-6-8-19-15(9-13)10-17/h1-4,6,8-9,18H,5,7,11H2. The molecule has 1 aromatic heterocycles. The van der Waals surface area contributed by atoms with Gasteiger partial charge in [0, 0.05) is 12.7 Å². The van der Waals surface area contributed by atoms with Crippen LogP contribution in [-0.2, 0) is 13.0 Å². The molecule has 0 aliphatic heterocycles. The summed E-state index contributed by atoms with van der Waals surface area (Å²) in [6, 6.07) is 12.2. The average Bonchev–Trinajstić information content (AvgIpc) is 2.46. The number of aromatic nitrogens is 1. The molecule has 0 aliphatic carbocycles. The molecule has 1 aromatic carbocycles. The molecule has 0 atom stereocenters. The SMILES string of the molecule is N#Cc1cc(CNCCc2ccc(F)cc2)ccn1. The van der Waals surface area contributed by atoms with Gasteiger partial charge >= 0.3 is 0 Å². The summed E-state index contributed by atoms with van der Waals surface area (Å²) in [6.07, 6.45) is 2.48. The second-order valence-corrected chi connectivity index (χ2v) is 4.21. The van der Waals surface area contributed by atoms with Crippen LogP contribution in [0.5, 0.6) is 0 Å². The van der Waals surface area contributed by atoms with Crippen molar-refractivity contribution in [3.63, 3.8) is 0 Å². The topological polar surface area (TPSA) is 48.7 Å². The quantitative estimate of drug-likeness (QED) is 0.835. The first-order chi connectivity index (χ1) is 9.28. The number of nitrogens with one attached hydrogen (secondary N) is 1. The minimum absolute atomic E-state index is 0.211. The fourth-order valence-electron chi connectivity index (χ4n) is 1.76. The molecule has 96 valence electrons. The van der Waals surface area contributed by atoms with Gasteiger partial charge in [-0.05, 0) is 48.4 Å². The van der Waals surface area contributed by atoms with E-state index in [0.29, 0.717) is 12.2 Å². The Morgan fingerprint density at radius 2 is 1.95 bits per heavy atom. The maximum atomic E-state index is 12.7. The maximum absolute atomic E-state index is 12.7. The first-order valence-electron chi connectivity index (χ1n) is 6.08. The van der Waals surface area contributed by atoms with Crippen molar-refractivity contribution in [2.24, 2.45) is 0 Å². The van der Waals surface area contributed by atoms with Crippen LogP contribution < -0.4 is 5.32 Å². The number of nitriles is 1. The van der Waals surface area contributed by atoms with E-state index in [1.165, 1.54) is 12.1 Å². The number of hydrogen-bond acceptors (Lipinski definition) is 3. The van der Waals surface area contributed by atoms with Crippen molar-refractivity contribution in [3.05, 3.63) is 65.2 Å². The Hall–Kier alpha value is -2.25. The molecule has 0 unspecified atom stereocenters. The number of benzene rings is 1. The van der Waals surface area contributed by atoms with E-state index in [9.17, 15) is 4.39 Å². The predicted molar refractivity (Wildman–Crippen MR) is 70.8 cm³/mol. The highest BCUT2D eigenvalue weighted by Gasteiger charge is 1.97. The minimum Gasteiger partial charge on any atom is -0.312 e. The van der Waals surface area contributed by atoms with Gasteiger partial charge in [0.2, 0.25) is 0 Å². The monoisotopic (exact) mass is 255 g/mol. The van der Waals surface area contributed by atoms with Crippen molar-refractivity contribution in [3.8, 4) is 6.07 Å². The zero-order chi connectivity index (χ0) is 13.5. The summed E-state index contributed by atoms with van der Waals surface area (Å²) >= 11 is 0. The molecule has 0 saturated heterocycles. The van der Waals surface area contributed by atoms with Gasteiger partial charge in [-0.1, -0.05) is 12.1 Å². The molecule has 0 fully saturated rings. The van der Waals surface area contributed by atoms with E-state index in [1.54, 1.807) is 24.4 Å². The van der Waals surface area contributed by atoms with Crippen molar-refractivity contribution in [2.45, 2.75) is 13.0 Å². The largest absolute Gasteiger partial charge is 0.312 e. The summed E-state index contributed by atoms with van der Waals surface area (Å²) < 4.78 is 12.7. The van der Waals surface area contributed by atoms with Gasteiger partial charge in [0.15, 0.2) is 0 Å². The lowest BCUT2D eigenvalue weighted by Crippen LogP contribution is -2.16. The highest BCUT2D eigenvalue weighted by atomic mass is 19.1.